The SMILES string of the molecule is C=C(CCC=C(C)C)[C@H]1CC[C@]2(C)[C@@H]1[C@H](O)C[C@@H]1[C@@]3(C)CC[C@@H](O[C@H]4O[C@H](CO)[C@@H](O)[C@H](O)[C@H]4O[C@H]4O[C@H](CO)[C@@H](O)[C@H](O)[C@H]4O)C(C)(C)[C@@H]3CC[C@]12C. The second-order valence-electron chi connectivity index (χ2n) is 19.4. The van der Waals surface area contributed by atoms with Gasteiger partial charge in [-0.15, -0.1) is 0 Å². The largest absolute Gasteiger partial charge is 0.394 e. The summed E-state index contributed by atoms with van der Waals surface area (Å²) < 4.78 is 24.4. The predicted molar refractivity (Wildman–Crippen MR) is 199 cm³/mol. The molecule has 0 aromatic heterocycles. The third kappa shape index (κ3) is 6.89. The van der Waals surface area contributed by atoms with E-state index in [9.17, 15) is 40.9 Å². The molecule has 0 unspecified atom stereocenters. The van der Waals surface area contributed by atoms with Crippen LogP contribution in [0.1, 0.15) is 106 Å². The van der Waals surface area contributed by atoms with Crippen molar-refractivity contribution in [3.05, 3.63) is 23.8 Å². The first-order valence-corrected chi connectivity index (χ1v) is 20.5. The van der Waals surface area contributed by atoms with Crippen molar-refractivity contribution < 1.29 is 59.8 Å². The van der Waals surface area contributed by atoms with Crippen LogP contribution in [0.25, 0.3) is 0 Å². The van der Waals surface area contributed by atoms with E-state index in [-0.39, 0.29) is 34.2 Å². The summed E-state index contributed by atoms with van der Waals surface area (Å²) in [6.07, 6.45) is -5.12. The van der Waals surface area contributed by atoms with Gasteiger partial charge in [-0.1, -0.05) is 58.4 Å². The molecule has 12 nitrogen and oxygen atoms in total. The molecule has 6 fully saturated rings. The normalized spacial score (nSPS) is 51.5. The molecule has 54 heavy (non-hydrogen) atoms. The lowest BCUT2D eigenvalue weighted by molar-refractivity contribution is -0.378. The second kappa shape index (κ2) is 15.6. The Morgan fingerprint density at radius 1 is 0.722 bits per heavy atom. The quantitative estimate of drug-likeness (QED) is 0.120. The van der Waals surface area contributed by atoms with Crippen molar-refractivity contribution in [2.75, 3.05) is 13.2 Å². The van der Waals surface area contributed by atoms with Gasteiger partial charge < -0.3 is 59.8 Å². The molecular formula is C42H70O12. The third-order valence-electron chi connectivity index (χ3n) is 16.1. The van der Waals surface area contributed by atoms with Gasteiger partial charge in [0.15, 0.2) is 12.6 Å². The highest BCUT2D eigenvalue weighted by Crippen LogP contribution is 2.75. The summed E-state index contributed by atoms with van der Waals surface area (Å²) in [6.45, 7) is 19.4. The van der Waals surface area contributed by atoms with Crippen LogP contribution in [0.4, 0.5) is 0 Å². The maximum atomic E-state index is 12.1. The molecule has 0 amide bonds. The van der Waals surface area contributed by atoms with E-state index in [0.29, 0.717) is 18.3 Å². The molecule has 4 aliphatic carbocycles. The molecule has 6 rings (SSSR count). The van der Waals surface area contributed by atoms with E-state index in [1.807, 2.05) is 0 Å². The van der Waals surface area contributed by atoms with E-state index in [1.54, 1.807) is 0 Å². The smallest absolute Gasteiger partial charge is 0.187 e. The Balaban J connectivity index is 1.22. The van der Waals surface area contributed by atoms with Crippen LogP contribution >= 0.6 is 0 Å². The fraction of sp³-hybridized carbons (Fsp3) is 0.905. The Kier molecular flexibility index (Phi) is 12.3. The maximum Gasteiger partial charge on any atom is 0.187 e. The van der Waals surface area contributed by atoms with E-state index in [0.717, 1.165) is 51.4 Å². The molecule has 4 saturated carbocycles. The number of hydrogen-bond donors (Lipinski definition) is 8. The average molecular weight is 767 g/mol. The van der Waals surface area contributed by atoms with Gasteiger partial charge in [0, 0.05) is 0 Å². The van der Waals surface area contributed by atoms with Crippen molar-refractivity contribution in [1.29, 1.82) is 0 Å². The average Bonchev–Trinajstić information content (AvgIpc) is 3.49. The number of hydrogen-bond acceptors (Lipinski definition) is 12. The zero-order valence-electron chi connectivity index (χ0n) is 33.5. The van der Waals surface area contributed by atoms with Crippen molar-refractivity contribution in [1.82, 2.24) is 0 Å². The van der Waals surface area contributed by atoms with E-state index in [1.165, 1.54) is 11.1 Å². The zero-order chi connectivity index (χ0) is 39.7. The molecule has 6 aliphatic rings. The van der Waals surface area contributed by atoms with Crippen LogP contribution in [0.15, 0.2) is 23.8 Å². The standard InChI is InChI=1S/C42H70O12/c1-21(2)10-9-11-22(3)23-12-16-42(8)30(23)24(45)18-28-40(6)15-14-29(39(4,5)27(40)13-17-41(28,42)7)53-38-36(34(49)32(47)26(20-44)52-38)54-37-35(50)33(48)31(46)25(19-43)51-37/h10,23-38,43-50H,3,9,11-20H2,1-2,4-8H3/t23-,24-,25-,26-,27+,28-,29-,30+,31-,32-,33+,34+,35-,36-,37-,38-,40+,41-,42-/m1/s1. The van der Waals surface area contributed by atoms with Crippen molar-refractivity contribution in [2.45, 2.75) is 180 Å². The summed E-state index contributed by atoms with van der Waals surface area (Å²) in [5.41, 5.74) is 2.12. The van der Waals surface area contributed by atoms with E-state index >= 15 is 0 Å². The summed E-state index contributed by atoms with van der Waals surface area (Å²) >= 11 is 0. The van der Waals surface area contributed by atoms with Gasteiger partial charge in [-0.2, -0.15) is 0 Å². The van der Waals surface area contributed by atoms with Crippen LogP contribution in [0, 0.1) is 45.3 Å². The lowest BCUT2D eigenvalue weighted by Gasteiger charge is -2.70. The highest BCUT2D eigenvalue weighted by molar-refractivity contribution is 5.22. The van der Waals surface area contributed by atoms with Crippen molar-refractivity contribution >= 4 is 0 Å². The number of fused-ring (bicyclic) bond motifs is 5. The van der Waals surface area contributed by atoms with Gasteiger partial charge in [-0.25, -0.2) is 0 Å². The van der Waals surface area contributed by atoms with Gasteiger partial charge in [-0.3, -0.25) is 0 Å². The number of ether oxygens (including phenoxy) is 4. The first-order valence-electron chi connectivity index (χ1n) is 20.5. The summed E-state index contributed by atoms with van der Waals surface area (Å²) in [5, 5.41) is 85.4. The van der Waals surface area contributed by atoms with Crippen LogP contribution in [0.5, 0.6) is 0 Å². The highest BCUT2D eigenvalue weighted by atomic mass is 16.8. The molecular weight excluding hydrogens is 696 g/mol. The van der Waals surface area contributed by atoms with Gasteiger partial charge in [0.2, 0.25) is 0 Å². The molecule has 0 bridgehead atoms. The topological polar surface area (TPSA) is 199 Å². The van der Waals surface area contributed by atoms with Gasteiger partial charge in [0.1, 0.15) is 48.8 Å². The Bertz CT molecular complexity index is 1370. The summed E-state index contributed by atoms with van der Waals surface area (Å²) in [7, 11) is 0. The van der Waals surface area contributed by atoms with Gasteiger partial charge in [0.05, 0.1) is 25.4 Å². The molecule has 2 heterocycles. The number of allylic oxidation sites excluding steroid dienone is 3. The molecule has 0 radical (unpaired) electrons. The van der Waals surface area contributed by atoms with Crippen LogP contribution in [0.2, 0.25) is 0 Å². The molecule has 0 aromatic rings. The lowest BCUT2D eigenvalue weighted by Crippen LogP contribution is -2.67. The number of aliphatic hydroxyl groups is 8. The zero-order valence-corrected chi connectivity index (χ0v) is 33.5. The molecule has 19 atom stereocenters. The lowest BCUT2D eigenvalue weighted by atomic mass is 9.35. The minimum absolute atomic E-state index is 0.0217. The fourth-order valence-corrected chi connectivity index (χ4v) is 13.0. The van der Waals surface area contributed by atoms with Crippen molar-refractivity contribution in [3.8, 4) is 0 Å². The van der Waals surface area contributed by atoms with Crippen molar-refractivity contribution in [3.63, 3.8) is 0 Å². The maximum absolute atomic E-state index is 12.1. The fourth-order valence-electron chi connectivity index (χ4n) is 13.0. The summed E-state index contributed by atoms with van der Waals surface area (Å²) in [6, 6.07) is 0. The minimum Gasteiger partial charge on any atom is -0.394 e. The minimum atomic E-state index is -1.74. The summed E-state index contributed by atoms with van der Waals surface area (Å²) in [4.78, 5) is 0. The molecule has 12 heteroatoms. The molecule has 2 aliphatic heterocycles. The Morgan fingerprint density at radius 2 is 1.33 bits per heavy atom. The van der Waals surface area contributed by atoms with Gasteiger partial charge in [-0.05, 0) is 117 Å². The van der Waals surface area contributed by atoms with E-state index in [2.05, 4.69) is 61.1 Å². The predicted octanol–water partition coefficient (Wildman–Crippen LogP) is 2.95. The van der Waals surface area contributed by atoms with Gasteiger partial charge in [0.25, 0.3) is 0 Å². The molecule has 310 valence electrons. The monoisotopic (exact) mass is 766 g/mol. The Labute approximate surface area is 321 Å². The van der Waals surface area contributed by atoms with Gasteiger partial charge >= 0.3 is 0 Å². The Hall–Kier alpha value is -1.00. The van der Waals surface area contributed by atoms with E-state index < -0.39 is 86.1 Å². The molecule has 0 spiro atoms. The second-order valence-corrected chi connectivity index (χ2v) is 19.4. The van der Waals surface area contributed by atoms with Crippen LogP contribution in [-0.4, -0.2) is 128 Å². The van der Waals surface area contributed by atoms with E-state index in [4.69, 9.17) is 18.9 Å². The van der Waals surface area contributed by atoms with Crippen LogP contribution < -0.4 is 0 Å². The number of aliphatic hydroxyl groups excluding tert-OH is 8. The molecule has 2 saturated heterocycles. The van der Waals surface area contributed by atoms with Crippen LogP contribution in [0.3, 0.4) is 0 Å². The third-order valence-corrected chi connectivity index (χ3v) is 16.1. The first-order chi connectivity index (χ1) is 25.3. The molecule has 0 aromatic carbocycles. The molecule has 8 N–H and O–H groups in total. The highest BCUT2D eigenvalue weighted by Gasteiger charge is 2.70. The number of rotatable bonds is 10. The van der Waals surface area contributed by atoms with Crippen molar-refractivity contribution in [2.24, 2.45) is 45.3 Å². The summed E-state index contributed by atoms with van der Waals surface area (Å²) in [5.74, 6) is 1.03. The first kappa shape index (κ1) is 42.6. The van der Waals surface area contributed by atoms with Crippen LogP contribution in [-0.2, 0) is 18.9 Å². The Morgan fingerprint density at radius 3 is 1.96 bits per heavy atom.